The van der Waals surface area contributed by atoms with Gasteiger partial charge in [-0.15, -0.1) is 0 Å². The normalized spacial score (nSPS) is 21.9. The predicted molar refractivity (Wildman–Crippen MR) is 108 cm³/mol. The Balaban J connectivity index is 1.56. The van der Waals surface area contributed by atoms with Gasteiger partial charge in [0.1, 0.15) is 5.69 Å². The first kappa shape index (κ1) is 17.9. The molecule has 2 fully saturated rings. The van der Waals surface area contributed by atoms with Gasteiger partial charge >= 0.3 is 0 Å². The fourth-order valence-electron chi connectivity index (χ4n) is 4.56. The molecule has 1 unspecified atom stereocenters. The molecule has 1 saturated carbocycles. The predicted octanol–water partition coefficient (Wildman–Crippen LogP) is 4.50. The number of fused-ring (bicyclic) bond motifs is 1. The number of rotatable bonds is 2. The van der Waals surface area contributed by atoms with Gasteiger partial charge in [-0.3, -0.25) is 4.68 Å². The first-order valence-corrected chi connectivity index (χ1v) is 10.2. The zero-order valence-electron chi connectivity index (χ0n) is 17.1. The molecule has 2 aliphatic rings. The molecule has 0 bridgehead atoms. The minimum absolute atomic E-state index is 0.141. The Morgan fingerprint density at radius 3 is 2.71 bits per heavy atom. The van der Waals surface area contributed by atoms with Gasteiger partial charge in [-0.2, -0.15) is 5.10 Å². The fourth-order valence-corrected chi connectivity index (χ4v) is 4.56. The molecule has 5 rings (SSSR count). The standard InChI is InChI=1S/C22H28N4O2/c1-14-6-5-7-16-19(14)24-20(23-16)18-12-17(25-26(18)21(2,3)4)15-8-9-22(13-15)27-10-11-28-22/h5-7,12,15H,8-11,13H2,1-4H3,(H,23,24). The molecule has 6 nitrogen and oxygen atoms in total. The lowest BCUT2D eigenvalue weighted by Gasteiger charge is -2.22. The summed E-state index contributed by atoms with van der Waals surface area (Å²) in [6.07, 6.45) is 2.87. The van der Waals surface area contributed by atoms with Crippen LogP contribution >= 0.6 is 0 Å². The van der Waals surface area contributed by atoms with E-state index in [1.165, 1.54) is 5.56 Å². The second-order valence-electron chi connectivity index (χ2n) is 9.14. The van der Waals surface area contributed by atoms with Crippen molar-refractivity contribution in [1.29, 1.82) is 0 Å². The van der Waals surface area contributed by atoms with Crippen molar-refractivity contribution in [2.75, 3.05) is 13.2 Å². The number of aromatic nitrogens is 4. The first-order valence-electron chi connectivity index (χ1n) is 10.2. The number of ether oxygens (including phenoxy) is 2. The van der Waals surface area contributed by atoms with E-state index in [2.05, 4.69) is 61.6 Å². The van der Waals surface area contributed by atoms with Crippen LogP contribution in [0.3, 0.4) is 0 Å². The van der Waals surface area contributed by atoms with Crippen LogP contribution in [0.4, 0.5) is 0 Å². The topological polar surface area (TPSA) is 65.0 Å². The van der Waals surface area contributed by atoms with Gasteiger partial charge in [0.05, 0.1) is 35.5 Å². The molecule has 2 aromatic heterocycles. The maximum absolute atomic E-state index is 5.92. The average molecular weight is 380 g/mol. The molecule has 1 spiro atoms. The van der Waals surface area contributed by atoms with Crippen LogP contribution in [0.5, 0.6) is 0 Å². The molecule has 3 heterocycles. The molecule has 0 amide bonds. The highest BCUT2D eigenvalue weighted by atomic mass is 16.7. The van der Waals surface area contributed by atoms with Crippen molar-refractivity contribution in [3.05, 3.63) is 35.5 Å². The van der Waals surface area contributed by atoms with Crippen molar-refractivity contribution in [2.45, 2.75) is 64.2 Å². The summed E-state index contributed by atoms with van der Waals surface area (Å²) >= 11 is 0. The Kier molecular flexibility index (Phi) is 3.93. The lowest BCUT2D eigenvalue weighted by molar-refractivity contribution is -0.151. The Hall–Kier alpha value is -2.18. The quantitative estimate of drug-likeness (QED) is 0.711. The Morgan fingerprint density at radius 1 is 1.21 bits per heavy atom. The SMILES string of the molecule is Cc1cccc2[nH]c(-c3cc(C4CCC5(C4)OCCO5)nn3C(C)(C)C)nc12. The van der Waals surface area contributed by atoms with Crippen LogP contribution in [-0.2, 0) is 15.0 Å². The van der Waals surface area contributed by atoms with Crippen LogP contribution in [0.1, 0.15) is 57.2 Å². The molecular formula is C22H28N4O2. The van der Waals surface area contributed by atoms with Gasteiger partial charge in [0.15, 0.2) is 11.6 Å². The van der Waals surface area contributed by atoms with E-state index in [1.807, 2.05) is 0 Å². The van der Waals surface area contributed by atoms with E-state index in [4.69, 9.17) is 19.6 Å². The second kappa shape index (κ2) is 6.16. The summed E-state index contributed by atoms with van der Waals surface area (Å²) in [7, 11) is 0. The Bertz CT molecular complexity index is 1020. The number of hydrogen-bond donors (Lipinski definition) is 1. The zero-order chi connectivity index (χ0) is 19.5. The number of aryl methyl sites for hydroxylation is 1. The van der Waals surface area contributed by atoms with E-state index >= 15 is 0 Å². The van der Waals surface area contributed by atoms with Crippen molar-refractivity contribution >= 4 is 11.0 Å². The van der Waals surface area contributed by atoms with E-state index in [1.54, 1.807) is 0 Å². The molecule has 1 aromatic carbocycles. The first-order chi connectivity index (χ1) is 13.3. The van der Waals surface area contributed by atoms with Gasteiger partial charge in [0, 0.05) is 18.8 Å². The molecule has 1 aliphatic heterocycles. The average Bonchev–Trinajstić information content (AvgIpc) is 3.40. The van der Waals surface area contributed by atoms with E-state index in [-0.39, 0.29) is 11.3 Å². The number of aromatic amines is 1. The van der Waals surface area contributed by atoms with E-state index in [0.717, 1.165) is 47.5 Å². The molecular weight excluding hydrogens is 352 g/mol. The maximum Gasteiger partial charge on any atom is 0.169 e. The van der Waals surface area contributed by atoms with Crippen LogP contribution < -0.4 is 0 Å². The number of nitrogens with one attached hydrogen (secondary N) is 1. The summed E-state index contributed by atoms with van der Waals surface area (Å²) in [5.74, 6) is 0.845. The molecule has 0 radical (unpaired) electrons. The lowest BCUT2D eigenvalue weighted by Crippen LogP contribution is -2.26. The number of hydrogen-bond acceptors (Lipinski definition) is 4. The molecule has 3 aromatic rings. The molecule has 1 saturated heterocycles. The van der Waals surface area contributed by atoms with Gasteiger partial charge in [-0.05, 0) is 51.8 Å². The molecule has 1 aliphatic carbocycles. The smallest absolute Gasteiger partial charge is 0.169 e. The minimum Gasteiger partial charge on any atom is -0.348 e. The summed E-state index contributed by atoms with van der Waals surface area (Å²) in [6, 6.07) is 8.44. The third-order valence-electron chi connectivity index (χ3n) is 5.98. The number of benzene rings is 1. The van der Waals surface area contributed by atoms with Crippen molar-refractivity contribution < 1.29 is 9.47 Å². The summed E-state index contributed by atoms with van der Waals surface area (Å²) in [5, 5.41) is 5.03. The van der Waals surface area contributed by atoms with Crippen LogP contribution in [-0.4, -0.2) is 38.7 Å². The zero-order valence-corrected chi connectivity index (χ0v) is 17.1. The third-order valence-corrected chi connectivity index (χ3v) is 5.98. The highest BCUT2D eigenvalue weighted by Gasteiger charge is 2.45. The Morgan fingerprint density at radius 2 is 2.00 bits per heavy atom. The van der Waals surface area contributed by atoms with Gasteiger partial charge in [-0.1, -0.05) is 12.1 Å². The van der Waals surface area contributed by atoms with Crippen LogP contribution in [0.2, 0.25) is 0 Å². The van der Waals surface area contributed by atoms with Crippen LogP contribution in [0.15, 0.2) is 24.3 Å². The summed E-state index contributed by atoms with van der Waals surface area (Å²) in [4.78, 5) is 8.40. The number of nitrogens with zero attached hydrogens (tertiary/aromatic N) is 3. The van der Waals surface area contributed by atoms with Gasteiger partial charge in [-0.25, -0.2) is 4.98 Å². The van der Waals surface area contributed by atoms with E-state index < -0.39 is 0 Å². The molecule has 1 N–H and O–H groups in total. The van der Waals surface area contributed by atoms with Gasteiger partial charge in [0.2, 0.25) is 0 Å². The van der Waals surface area contributed by atoms with Crippen molar-refractivity contribution in [2.24, 2.45) is 0 Å². The van der Waals surface area contributed by atoms with Crippen LogP contribution in [0, 0.1) is 6.92 Å². The summed E-state index contributed by atoms with van der Waals surface area (Å²) in [5.41, 5.74) is 5.26. The summed E-state index contributed by atoms with van der Waals surface area (Å²) in [6.45, 7) is 10.0. The minimum atomic E-state index is -0.382. The molecule has 6 heteroatoms. The number of H-pyrrole nitrogens is 1. The second-order valence-corrected chi connectivity index (χ2v) is 9.14. The monoisotopic (exact) mass is 380 g/mol. The highest BCUT2D eigenvalue weighted by molar-refractivity contribution is 5.81. The third kappa shape index (κ3) is 2.86. The summed E-state index contributed by atoms with van der Waals surface area (Å²) < 4.78 is 13.9. The lowest BCUT2D eigenvalue weighted by atomic mass is 10.0. The fraction of sp³-hybridized carbons (Fsp3) is 0.545. The largest absolute Gasteiger partial charge is 0.348 e. The number of para-hydroxylation sites is 1. The Labute approximate surface area is 165 Å². The van der Waals surface area contributed by atoms with Gasteiger partial charge < -0.3 is 14.5 Å². The molecule has 1 atom stereocenters. The van der Waals surface area contributed by atoms with Crippen molar-refractivity contribution in [3.8, 4) is 11.5 Å². The van der Waals surface area contributed by atoms with E-state index in [9.17, 15) is 0 Å². The molecule has 148 valence electrons. The maximum atomic E-state index is 5.92. The molecule has 28 heavy (non-hydrogen) atoms. The number of imidazole rings is 1. The highest BCUT2D eigenvalue weighted by Crippen LogP contribution is 2.46. The van der Waals surface area contributed by atoms with Crippen molar-refractivity contribution in [3.63, 3.8) is 0 Å². The van der Waals surface area contributed by atoms with Gasteiger partial charge in [0.25, 0.3) is 0 Å². The van der Waals surface area contributed by atoms with E-state index in [0.29, 0.717) is 19.1 Å². The van der Waals surface area contributed by atoms with Crippen LogP contribution in [0.25, 0.3) is 22.6 Å². The van der Waals surface area contributed by atoms with Crippen molar-refractivity contribution in [1.82, 2.24) is 19.7 Å².